The van der Waals surface area contributed by atoms with Gasteiger partial charge < -0.3 is 8.94 Å². The maximum Gasteiger partial charge on any atom is 0.241 e. The number of furan rings is 1. The molecule has 0 spiro atoms. The highest BCUT2D eigenvalue weighted by Gasteiger charge is 2.14. The lowest BCUT2D eigenvalue weighted by Gasteiger charge is -2.17. The van der Waals surface area contributed by atoms with E-state index in [0.29, 0.717) is 24.0 Å². The predicted octanol–water partition coefficient (Wildman–Crippen LogP) is 3.58. The molecule has 0 amide bonds. The van der Waals surface area contributed by atoms with Crippen molar-refractivity contribution in [2.75, 3.05) is 6.54 Å². The Bertz CT molecular complexity index is 674. The fraction of sp³-hybridized carbons (Fsp3) is 0.200. The van der Waals surface area contributed by atoms with Crippen molar-refractivity contribution in [1.82, 2.24) is 15.0 Å². The lowest BCUT2D eigenvalue weighted by molar-refractivity contribution is 0.241. The Labute approximate surface area is 126 Å². The molecule has 108 valence electrons. The Kier molecular flexibility index (Phi) is 4.28. The van der Waals surface area contributed by atoms with Crippen LogP contribution in [0.3, 0.4) is 0 Å². The molecule has 5 nitrogen and oxygen atoms in total. The van der Waals surface area contributed by atoms with Gasteiger partial charge in [-0.25, -0.2) is 0 Å². The molecule has 0 aliphatic rings. The number of rotatable bonds is 7. The van der Waals surface area contributed by atoms with Gasteiger partial charge in [0.1, 0.15) is 0 Å². The van der Waals surface area contributed by atoms with E-state index in [0.717, 1.165) is 13.1 Å². The van der Waals surface area contributed by atoms with Gasteiger partial charge in [0.15, 0.2) is 5.76 Å². The van der Waals surface area contributed by atoms with Crippen LogP contribution in [0.5, 0.6) is 0 Å². The first-order chi connectivity index (χ1) is 10.3. The topological polar surface area (TPSA) is 55.3 Å². The summed E-state index contributed by atoms with van der Waals surface area (Å²) in [4.78, 5) is 7.85. The predicted molar refractivity (Wildman–Crippen MR) is 80.6 cm³/mol. The average molecular weight is 301 g/mol. The van der Waals surface area contributed by atoms with Crippen molar-refractivity contribution in [3.63, 3.8) is 0 Å². The van der Waals surface area contributed by atoms with Crippen molar-refractivity contribution in [3.8, 4) is 11.6 Å². The number of thiophene rings is 1. The van der Waals surface area contributed by atoms with Gasteiger partial charge in [0.25, 0.3) is 0 Å². The van der Waals surface area contributed by atoms with Crippen LogP contribution in [0.1, 0.15) is 10.8 Å². The van der Waals surface area contributed by atoms with E-state index in [2.05, 4.69) is 33.1 Å². The molecule has 21 heavy (non-hydrogen) atoms. The summed E-state index contributed by atoms with van der Waals surface area (Å²) < 4.78 is 10.5. The van der Waals surface area contributed by atoms with E-state index >= 15 is 0 Å². The summed E-state index contributed by atoms with van der Waals surface area (Å²) >= 11 is 1.73. The summed E-state index contributed by atoms with van der Waals surface area (Å²) in [5.41, 5.74) is 0. The zero-order valence-electron chi connectivity index (χ0n) is 11.4. The second-order valence-electron chi connectivity index (χ2n) is 4.53. The first-order valence-electron chi connectivity index (χ1n) is 6.57. The largest absolute Gasteiger partial charge is 0.461 e. The summed E-state index contributed by atoms with van der Waals surface area (Å²) in [7, 11) is 0. The van der Waals surface area contributed by atoms with Crippen molar-refractivity contribution in [1.29, 1.82) is 0 Å². The van der Waals surface area contributed by atoms with Gasteiger partial charge in [0, 0.05) is 18.0 Å². The van der Waals surface area contributed by atoms with Gasteiger partial charge in [-0.2, -0.15) is 4.98 Å². The highest BCUT2D eigenvalue weighted by molar-refractivity contribution is 7.09. The molecule has 0 atom stereocenters. The van der Waals surface area contributed by atoms with Crippen LogP contribution in [0.2, 0.25) is 0 Å². The zero-order valence-corrected chi connectivity index (χ0v) is 12.3. The molecule has 0 bridgehead atoms. The second kappa shape index (κ2) is 6.51. The van der Waals surface area contributed by atoms with Gasteiger partial charge in [-0.05, 0) is 23.6 Å². The molecule has 3 aromatic rings. The Hall–Kier alpha value is -2.18. The summed E-state index contributed by atoms with van der Waals surface area (Å²) in [5.74, 6) is 1.66. The fourth-order valence-corrected chi connectivity index (χ4v) is 2.75. The number of nitrogens with zero attached hydrogens (tertiary/aromatic N) is 3. The van der Waals surface area contributed by atoms with Gasteiger partial charge in [0.05, 0.1) is 12.8 Å². The molecule has 3 heterocycles. The molecule has 0 unspecified atom stereocenters. The lowest BCUT2D eigenvalue weighted by Crippen LogP contribution is -2.22. The molecule has 0 saturated carbocycles. The SMILES string of the molecule is C=CCN(Cc1nc(-c2ccco2)no1)Cc1cccs1. The zero-order chi connectivity index (χ0) is 14.5. The van der Waals surface area contributed by atoms with E-state index in [1.54, 1.807) is 23.7 Å². The van der Waals surface area contributed by atoms with E-state index in [1.807, 2.05) is 18.2 Å². The van der Waals surface area contributed by atoms with Gasteiger partial charge in [-0.1, -0.05) is 17.3 Å². The second-order valence-corrected chi connectivity index (χ2v) is 5.56. The van der Waals surface area contributed by atoms with E-state index in [-0.39, 0.29) is 0 Å². The normalized spacial score (nSPS) is 11.1. The van der Waals surface area contributed by atoms with E-state index in [4.69, 9.17) is 8.94 Å². The smallest absolute Gasteiger partial charge is 0.241 e. The Morgan fingerprint density at radius 1 is 1.29 bits per heavy atom. The maximum atomic E-state index is 5.29. The van der Waals surface area contributed by atoms with Crippen LogP contribution in [0, 0.1) is 0 Å². The van der Waals surface area contributed by atoms with Crippen LogP contribution in [-0.4, -0.2) is 21.6 Å². The molecule has 0 saturated heterocycles. The van der Waals surface area contributed by atoms with Crippen molar-refractivity contribution < 1.29 is 8.94 Å². The maximum absolute atomic E-state index is 5.29. The van der Waals surface area contributed by atoms with E-state index in [1.165, 1.54) is 4.88 Å². The third-order valence-corrected chi connectivity index (χ3v) is 3.78. The van der Waals surface area contributed by atoms with E-state index < -0.39 is 0 Å². The Morgan fingerprint density at radius 2 is 2.24 bits per heavy atom. The minimum atomic E-state index is 0.477. The molecule has 3 aromatic heterocycles. The molecule has 0 fully saturated rings. The lowest BCUT2D eigenvalue weighted by atomic mass is 10.4. The van der Waals surface area contributed by atoms with E-state index in [9.17, 15) is 0 Å². The Morgan fingerprint density at radius 3 is 2.95 bits per heavy atom. The molecule has 6 heteroatoms. The van der Waals surface area contributed by atoms with Crippen molar-refractivity contribution in [2.24, 2.45) is 0 Å². The fourth-order valence-electron chi connectivity index (χ4n) is 2.01. The van der Waals surface area contributed by atoms with Crippen LogP contribution >= 0.6 is 11.3 Å². The van der Waals surface area contributed by atoms with Crippen LogP contribution in [0.25, 0.3) is 11.6 Å². The quantitative estimate of drug-likeness (QED) is 0.624. The van der Waals surface area contributed by atoms with Crippen molar-refractivity contribution in [3.05, 3.63) is 59.3 Å². The first kappa shape index (κ1) is 13.8. The highest BCUT2D eigenvalue weighted by Crippen LogP contribution is 2.18. The summed E-state index contributed by atoms with van der Waals surface area (Å²) in [6, 6.07) is 7.77. The minimum absolute atomic E-state index is 0.477. The molecule has 3 rings (SSSR count). The minimum Gasteiger partial charge on any atom is -0.461 e. The van der Waals surface area contributed by atoms with Crippen LogP contribution < -0.4 is 0 Å². The van der Waals surface area contributed by atoms with Crippen LogP contribution in [-0.2, 0) is 13.1 Å². The molecular formula is C15H15N3O2S. The van der Waals surface area contributed by atoms with Gasteiger partial charge in [-0.15, -0.1) is 17.9 Å². The van der Waals surface area contributed by atoms with Gasteiger partial charge in [0.2, 0.25) is 11.7 Å². The number of hydrogen-bond donors (Lipinski definition) is 0. The van der Waals surface area contributed by atoms with Crippen LogP contribution in [0.15, 0.2) is 57.5 Å². The first-order valence-corrected chi connectivity index (χ1v) is 7.45. The van der Waals surface area contributed by atoms with Crippen molar-refractivity contribution >= 4 is 11.3 Å². The monoisotopic (exact) mass is 301 g/mol. The summed E-state index contributed by atoms with van der Waals surface area (Å²) in [6.45, 7) is 5.97. The van der Waals surface area contributed by atoms with Gasteiger partial charge in [-0.3, -0.25) is 4.90 Å². The average Bonchev–Trinajstić information content (AvgIpc) is 3.21. The standard InChI is InChI=1S/C15H15N3O2S/c1-2-7-18(10-12-5-4-9-21-12)11-14-16-15(17-20-14)13-6-3-8-19-13/h2-6,8-9H,1,7,10-11H2. The molecule has 0 aliphatic carbocycles. The molecule has 0 aromatic carbocycles. The third kappa shape index (κ3) is 3.48. The molecular weight excluding hydrogens is 286 g/mol. The van der Waals surface area contributed by atoms with Gasteiger partial charge >= 0.3 is 0 Å². The molecule has 0 aliphatic heterocycles. The molecule has 0 radical (unpaired) electrons. The van der Waals surface area contributed by atoms with Crippen molar-refractivity contribution in [2.45, 2.75) is 13.1 Å². The number of hydrogen-bond acceptors (Lipinski definition) is 6. The highest BCUT2D eigenvalue weighted by atomic mass is 32.1. The number of aromatic nitrogens is 2. The van der Waals surface area contributed by atoms with Crippen LogP contribution in [0.4, 0.5) is 0 Å². The molecule has 0 N–H and O–H groups in total. The Balaban J connectivity index is 1.69. The summed E-state index contributed by atoms with van der Waals surface area (Å²) in [6.07, 6.45) is 3.46. The summed E-state index contributed by atoms with van der Waals surface area (Å²) in [5, 5.41) is 6.01. The third-order valence-electron chi connectivity index (χ3n) is 2.92.